The molecule has 3 aromatic rings. The van der Waals surface area contributed by atoms with Crippen molar-refractivity contribution >= 4 is 23.0 Å². The predicted molar refractivity (Wildman–Crippen MR) is 105 cm³/mol. The zero-order chi connectivity index (χ0) is 17.6. The minimum atomic E-state index is 0.597. The molecule has 0 saturated heterocycles. The van der Waals surface area contributed by atoms with E-state index in [1.54, 1.807) is 13.4 Å². The Morgan fingerprint density at radius 3 is 2.56 bits per heavy atom. The van der Waals surface area contributed by atoms with Crippen molar-refractivity contribution in [2.75, 3.05) is 19.5 Å². The number of ether oxygens (including phenoxy) is 1. The number of hydrogen-bond donors (Lipinski definition) is 1. The van der Waals surface area contributed by atoms with Crippen LogP contribution in [0.3, 0.4) is 0 Å². The summed E-state index contributed by atoms with van der Waals surface area (Å²) < 4.78 is 10.8. The van der Waals surface area contributed by atoms with Gasteiger partial charge in [0.25, 0.3) is 0 Å². The van der Waals surface area contributed by atoms with Gasteiger partial charge in [-0.2, -0.15) is 0 Å². The zero-order valence-corrected chi connectivity index (χ0v) is 15.0. The van der Waals surface area contributed by atoms with Crippen molar-refractivity contribution < 1.29 is 9.15 Å². The predicted octanol–water partition coefficient (Wildman–Crippen LogP) is 4.78. The van der Waals surface area contributed by atoms with Crippen molar-refractivity contribution in [3.8, 4) is 16.9 Å². The molecular formula is C20H20N2O2S. The Morgan fingerprint density at radius 1 is 1.08 bits per heavy atom. The molecule has 25 heavy (non-hydrogen) atoms. The lowest BCUT2D eigenvalue weighted by Crippen LogP contribution is -2.30. The van der Waals surface area contributed by atoms with Gasteiger partial charge in [0.2, 0.25) is 0 Å². The van der Waals surface area contributed by atoms with E-state index in [4.69, 9.17) is 21.4 Å². The van der Waals surface area contributed by atoms with E-state index in [0.717, 1.165) is 28.3 Å². The highest BCUT2D eigenvalue weighted by molar-refractivity contribution is 7.80. The molecule has 0 amide bonds. The molecule has 0 unspecified atom stereocenters. The lowest BCUT2D eigenvalue weighted by atomic mass is 10.0. The van der Waals surface area contributed by atoms with Crippen LogP contribution in [0.1, 0.15) is 5.76 Å². The Bertz CT molecular complexity index is 832. The Morgan fingerprint density at radius 2 is 1.88 bits per heavy atom. The van der Waals surface area contributed by atoms with Gasteiger partial charge < -0.3 is 19.4 Å². The summed E-state index contributed by atoms with van der Waals surface area (Å²) in [5.41, 5.74) is 3.07. The highest BCUT2D eigenvalue weighted by Crippen LogP contribution is 2.30. The molecule has 0 spiro atoms. The van der Waals surface area contributed by atoms with Crippen LogP contribution in [0.5, 0.6) is 5.75 Å². The van der Waals surface area contributed by atoms with E-state index < -0.39 is 0 Å². The van der Waals surface area contributed by atoms with Gasteiger partial charge in [-0.25, -0.2) is 0 Å². The van der Waals surface area contributed by atoms with Gasteiger partial charge in [0, 0.05) is 7.05 Å². The molecular weight excluding hydrogens is 332 g/mol. The molecule has 1 heterocycles. The van der Waals surface area contributed by atoms with Crippen LogP contribution >= 0.6 is 12.2 Å². The molecule has 0 aliphatic carbocycles. The number of rotatable bonds is 5. The second kappa shape index (κ2) is 7.85. The van der Waals surface area contributed by atoms with Crippen LogP contribution in [0.4, 0.5) is 5.69 Å². The fourth-order valence-corrected chi connectivity index (χ4v) is 2.71. The SMILES string of the molecule is COc1ccc(-c2ccccc2)cc1NC(=S)N(C)Cc1ccco1. The zero-order valence-electron chi connectivity index (χ0n) is 14.2. The number of hydrogen-bond acceptors (Lipinski definition) is 3. The van der Waals surface area contributed by atoms with E-state index in [2.05, 4.69) is 17.4 Å². The van der Waals surface area contributed by atoms with Gasteiger partial charge >= 0.3 is 0 Å². The first kappa shape index (κ1) is 17.0. The van der Waals surface area contributed by atoms with Gasteiger partial charge in [-0.3, -0.25) is 0 Å². The number of anilines is 1. The molecule has 0 atom stereocenters. The molecule has 5 heteroatoms. The maximum atomic E-state index is 5.52. The monoisotopic (exact) mass is 352 g/mol. The van der Waals surface area contributed by atoms with Crippen LogP contribution in [0.2, 0.25) is 0 Å². The third-order valence-electron chi connectivity index (χ3n) is 3.87. The smallest absolute Gasteiger partial charge is 0.173 e. The summed E-state index contributed by atoms with van der Waals surface area (Å²) in [5, 5.41) is 3.87. The van der Waals surface area contributed by atoms with Gasteiger partial charge in [0.15, 0.2) is 5.11 Å². The summed E-state index contributed by atoms with van der Waals surface area (Å²) in [6.07, 6.45) is 1.66. The maximum absolute atomic E-state index is 5.52. The maximum Gasteiger partial charge on any atom is 0.173 e. The first-order valence-corrected chi connectivity index (χ1v) is 8.36. The fourth-order valence-electron chi connectivity index (χ4n) is 2.53. The molecule has 1 N–H and O–H groups in total. The van der Waals surface area contributed by atoms with E-state index in [9.17, 15) is 0 Å². The summed E-state index contributed by atoms with van der Waals surface area (Å²) in [5.74, 6) is 1.60. The second-order valence-corrected chi connectivity index (χ2v) is 6.03. The van der Waals surface area contributed by atoms with Crippen molar-refractivity contribution in [3.63, 3.8) is 0 Å². The highest BCUT2D eigenvalue weighted by atomic mass is 32.1. The molecule has 0 saturated carbocycles. The van der Waals surface area contributed by atoms with Gasteiger partial charge in [0.1, 0.15) is 11.5 Å². The average molecular weight is 352 g/mol. The van der Waals surface area contributed by atoms with Gasteiger partial charge in [-0.05, 0) is 47.6 Å². The van der Waals surface area contributed by atoms with Crippen molar-refractivity contribution in [3.05, 3.63) is 72.7 Å². The molecule has 0 bridgehead atoms. The number of benzene rings is 2. The van der Waals surface area contributed by atoms with Gasteiger partial charge in [-0.15, -0.1) is 0 Å². The topological polar surface area (TPSA) is 37.6 Å². The highest BCUT2D eigenvalue weighted by Gasteiger charge is 2.11. The molecule has 2 aromatic carbocycles. The number of methoxy groups -OCH3 is 1. The largest absolute Gasteiger partial charge is 0.495 e. The Balaban J connectivity index is 1.79. The van der Waals surface area contributed by atoms with Crippen molar-refractivity contribution in [2.45, 2.75) is 6.54 Å². The first-order chi connectivity index (χ1) is 12.2. The second-order valence-electron chi connectivity index (χ2n) is 5.65. The molecule has 3 rings (SSSR count). The van der Waals surface area contributed by atoms with Crippen molar-refractivity contribution in [2.24, 2.45) is 0 Å². The number of thiocarbonyl (C=S) groups is 1. The lowest BCUT2D eigenvalue weighted by molar-refractivity contribution is 0.411. The molecule has 0 fully saturated rings. The van der Waals surface area contributed by atoms with Crippen LogP contribution in [-0.2, 0) is 6.54 Å². The van der Waals surface area contributed by atoms with Crippen LogP contribution in [0.25, 0.3) is 11.1 Å². The molecule has 0 radical (unpaired) electrons. The minimum absolute atomic E-state index is 0.597. The quantitative estimate of drug-likeness (QED) is 0.669. The average Bonchev–Trinajstić information content (AvgIpc) is 3.15. The summed E-state index contributed by atoms with van der Waals surface area (Å²) in [4.78, 5) is 1.92. The van der Waals surface area contributed by atoms with E-state index in [-0.39, 0.29) is 0 Å². The summed E-state index contributed by atoms with van der Waals surface area (Å²) in [7, 11) is 3.57. The molecule has 0 aliphatic heterocycles. The lowest BCUT2D eigenvalue weighted by Gasteiger charge is -2.21. The van der Waals surface area contributed by atoms with Crippen LogP contribution in [0, 0.1) is 0 Å². The molecule has 4 nitrogen and oxygen atoms in total. The van der Waals surface area contributed by atoms with E-state index >= 15 is 0 Å². The third kappa shape index (κ3) is 4.19. The first-order valence-electron chi connectivity index (χ1n) is 7.95. The van der Waals surface area contributed by atoms with Crippen LogP contribution in [-0.4, -0.2) is 24.2 Å². The fraction of sp³-hybridized carbons (Fsp3) is 0.150. The van der Waals surface area contributed by atoms with Gasteiger partial charge in [-0.1, -0.05) is 36.4 Å². The summed E-state index contributed by atoms with van der Waals surface area (Å²) in [6, 6.07) is 20.0. The molecule has 0 aliphatic rings. The Hall–Kier alpha value is -2.79. The minimum Gasteiger partial charge on any atom is -0.495 e. The van der Waals surface area contributed by atoms with Crippen LogP contribution < -0.4 is 10.1 Å². The summed E-state index contributed by atoms with van der Waals surface area (Å²) >= 11 is 5.52. The standard InChI is InChI=1S/C20H20N2O2S/c1-22(14-17-9-6-12-24-17)20(25)21-18-13-16(10-11-19(18)23-2)15-7-4-3-5-8-15/h3-13H,14H2,1-2H3,(H,21,25). The third-order valence-corrected chi connectivity index (χ3v) is 4.28. The molecule has 1 aromatic heterocycles. The Kier molecular flexibility index (Phi) is 5.36. The van der Waals surface area contributed by atoms with Crippen molar-refractivity contribution in [1.82, 2.24) is 4.90 Å². The summed E-state index contributed by atoms with van der Waals surface area (Å²) in [6.45, 7) is 0.597. The van der Waals surface area contributed by atoms with E-state index in [1.807, 2.05) is 60.5 Å². The number of nitrogens with one attached hydrogen (secondary N) is 1. The van der Waals surface area contributed by atoms with Crippen molar-refractivity contribution in [1.29, 1.82) is 0 Å². The number of furan rings is 1. The van der Waals surface area contributed by atoms with Gasteiger partial charge in [0.05, 0.1) is 25.6 Å². The number of nitrogens with zero attached hydrogens (tertiary/aromatic N) is 1. The van der Waals surface area contributed by atoms with E-state index in [0.29, 0.717) is 11.7 Å². The Labute approximate surface area is 153 Å². The van der Waals surface area contributed by atoms with Crippen LogP contribution in [0.15, 0.2) is 71.3 Å². The normalized spacial score (nSPS) is 10.3. The molecule has 128 valence electrons. The van der Waals surface area contributed by atoms with E-state index in [1.165, 1.54) is 0 Å².